The van der Waals surface area contributed by atoms with Crippen LogP contribution in [0.15, 0.2) is 42.5 Å². The van der Waals surface area contributed by atoms with E-state index < -0.39 is 0 Å². The predicted octanol–water partition coefficient (Wildman–Crippen LogP) is 3.98. The molecule has 2 rings (SSSR count). The first kappa shape index (κ1) is 14.4. The number of carbonyl (C=O) groups excluding carboxylic acids is 1. The summed E-state index contributed by atoms with van der Waals surface area (Å²) in [7, 11) is 1.56. The summed E-state index contributed by atoms with van der Waals surface area (Å²) in [6.45, 7) is 2.51. The number of hydrogen-bond acceptors (Lipinski definition) is 3. The van der Waals surface area contributed by atoms with E-state index in [1.165, 1.54) is 0 Å². The smallest absolute Gasteiger partial charge is 0.194 e. The normalized spacial score (nSPS) is 10.2. The van der Waals surface area contributed by atoms with E-state index in [0.29, 0.717) is 28.5 Å². The van der Waals surface area contributed by atoms with Crippen molar-refractivity contribution in [2.75, 3.05) is 13.7 Å². The SMILES string of the molecule is CCOc1ccc(C(=O)c2ccc(OC)cc2Cl)cc1. The Morgan fingerprint density at radius 3 is 2.30 bits per heavy atom. The van der Waals surface area contributed by atoms with Crippen LogP contribution in [-0.4, -0.2) is 19.5 Å². The quantitative estimate of drug-likeness (QED) is 0.781. The minimum absolute atomic E-state index is 0.124. The Kier molecular flexibility index (Phi) is 4.64. The molecule has 0 heterocycles. The second-order valence-corrected chi connectivity index (χ2v) is 4.54. The van der Waals surface area contributed by atoms with Crippen molar-refractivity contribution in [3.8, 4) is 11.5 Å². The van der Waals surface area contributed by atoms with Gasteiger partial charge in [0.15, 0.2) is 5.78 Å². The number of methoxy groups -OCH3 is 1. The van der Waals surface area contributed by atoms with Gasteiger partial charge in [0.25, 0.3) is 0 Å². The molecule has 0 fully saturated rings. The van der Waals surface area contributed by atoms with Gasteiger partial charge in [-0.15, -0.1) is 0 Å². The van der Waals surface area contributed by atoms with Crippen molar-refractivity contribution in [2.45, 2.75) is 6.92 Å². The molecule has 0 aliphatic heterocycles. The Morgan fingerprint density at radius 2 is 1.75 bits per heavy atom. The van der Waals surface area contributed by atoms with Crippen molar-refractivity contribution >= 4 is 17.4 Å². The standard InChI is InChI=1S/C16H15ClO3/c1-3-20-12-6-4-11(5-7-12)16(18)14-9-8-13(19-2)10-15(14)17/h4-10H,3H2,1-2H3. The fourth-order valence-electron chi connectivity index (χ4n) is 1.83. The van der Waals surface area contributed by atoms with Gasteiger partial charge in [-0.05, 0) is 49.4 Å². The van der Waals surface area contributed by atoms with Crippen molar-refractivity contribution < 1.29 is 14.3 Å². The van der Waals surface area contributed by atoms with Crippen molar-refractivity contribution in [1.29, 1.82) is 0 Å². The van der Waals surface area contributed by atoms with E-state index in [4.69, 9.17) is 21.1 Å². The van der Waals surface area contributed by atoms with Gasteiger partial charge in [-0.25, -0.2) is 0 Å². The fourth-order valence-corrected chi connectivity index (χ4v) is 2.09. The third-order valence-electron chi connectivity index (χ3n) is 2.85. The summed E-state index contributed by atoms with van der Waals surface area (Å²) < 4.78 is 10.4. The number of ketones is 1. The molecule has 3 nitrogen and oxygen atoms in total. The highest BCUT2D eigenvalue weighted by Crippen LogP contribution is 2.25. The molecule has 2 aromatic carbocycles. The Labute approximate surface area is 123 Å². The molecule has 0 bridgehead atoms. The first-order valence-electron chi connectivity index (χ1n) is 6.26. The highest BCUT2D eigenvalue weighted by Gasteiger charge is 2.13. The van der Waals surface area contributed by atoms with Crippen LogP contribution in [0.3, 0.4) is 0 Å². The number of halogens is 1. The molecule has 0 radical (unpaired) electrons. The average molecular weight is 291 g/mol. The molecule has 0 saturated carbocycles. The third kappa shape index (κ3) is 3.11. The summed E-state index contributed by atoms with van der Waals surface area (Å²) in [4.78, 5) is 12.4. The summed E-state index contributed by atoms with van der Waals surface area (Å²) in [5.41, 5.74) is 1.03. The lowest BCUT2D eigenvalue weighted by Gasteiger charge is -2.07. The van der Waals surface area contributed by atoms with E-state index in [-0.39, 0.29) is 5.78 Å². The zero-order valence-corrected chi connectivity index (χ0v) is 12.1. The first-order valence-corrected chi connectivity index (χ1v) is 6.64. The maximum atomic E-state index is 12.4. The average Bonchev–Trinajstić information content (AvgIpc) is 2.47. The lowest BCUT2D eigenvalue weighted by molar-refractivity contribution is 0.103. The number of ether oxygens (including phenoxy) is 2. The van der Waals surface area contributed by atoms with Crippen LogP contribution in [-0.2, 0) is 0 Å². The number of carbonyl (C=O) groups is 1. The van der Waals surface area contributed by atoms with Crippen LogP contribution in [0.4, 0.5) is 0 Å². The number of hydrogen-bond donors (Lipinski definition) is 0. The maximum Gasteiger partial charge on any atom is 0.194 e. The van der Waals surface area contributed by atoms with Crippen molar-refractivity contribution in [1.82, 2.24) is 0 Å². The second-order valence-electron chi connectivity index (χ2n) is 4.13. The van der Waals surface area contributed by atoms with Crippen LogP contribution in [0, 0.1) is 0 Å². The Bertz CT molecular complexity index is 606. The lowest BCUT2D eigenvalue weighted by Crippen LogP contribution is -2.02. The molecular formula is C16H15ClO3. The van der Waals surface area contributed by atoms with Crippen LogP contribution in [0.5, 0.6) is 11.5 Å². The second kappa shape index (κ2) is 6.44. The van der Waals surface area contributed by atoms with E-state index in [2.05, 4.69) is 0 Å². The van der Waals surface area contributed by atoms with Crippen molar-refractivity contribution in [3.05, 3.63) is 58.6 Å². The highest BCUT2D eigenvalue weighted by molar-refractivity contribution is 6.35. The topological polar surface area (TPSA) is 35.5 Å². The van der Waals surface area contributed by atoms with E-state index in [0.717, 1.165) is 5.75 Å². The minimum Gasteiger partial charge on any atom is -0.497 e. The largest absolute Gasteiger partial charge is 0.497 e. The van der Waals surface area contributed by atoms with Gasteiger partial charge in [-0.2, -0.15) is 0 Å². The molecule has 4 heteroatoms. The molecular weight excluding hydrogens is 276 g/mol. The number of rotatable bonds is 5. The molecule has 0 aliphatic rings. The van der Waals surface area contributed by atoms with Gasteiger partial charge in [0.2, 0.25) is 0 Å². The highest BCUT2D eigenvalue weighted by atomic mass is 35.5. The minimum atomic E-state index is -0.124. The molecule has 2 aromatic rings. The maximum absolute atomic E-state index is 12.4. The molecule has 0 amide bonds. The Hall–Kier alpha value is -2.00. The van der Waals surface area contributed by atoms with Crippen LogP contribution in [0.1, 0.15) is 22.8 Å². The third-order valence-corrected chi connectivity index (χ3v) is 3.16. The van der Waals surface area contributed by atoms with Crippen molar-refractivity contribution in [2.24, 2.45) is 0 Å². The molecule has 0 atom stereocenters. The van der Waals surface area contributed by atoms with Gasteiger partial charge in [-0.3, -0.25) is 4.79 Å². The zero-order chi connectivity index (χ0) is 14.5. The fraction of sp³-hybridized carbons (Fsp3) is 0.188. The molecule has 20 heavy (non-hydrogen) atoms. The summed E-state index contributed by atoms with van der Waals surface area (Å²) in [6.07, 6.45) is 0. The van der Waals surface area contributed by atoms with Crippen molar-refractivity contribution in [3.63, 3.8) is 0 Å². The monoisotopic (exact) mass is 290 g/mol. The predicted molar refractivity (Wildman–Crippen MR) is 79.0 cm³/mol. The van der Waals surface area contributed by atoms with E-state index in [1.807, 2.05) is 6.92 Å². The summed E-state index contributed by atoms with van der Waals surface area (Å²) in [5, 5.41) is 0.378. The van der Waals surface area contributed by atoms with Gasteiger partial charge in [-0.1, -0.05) is 11.6 Å². The molecule has 104 valence electrons. The van der Waals surface area contributed by atoms with Crippen LogP contribution < -0.4 is 9.47 Å². The molecule has 0 unspecified atom stereocenters. The summed E-state index contributed by atoms with van der Waals surface area (Å²) in [5.74, 6) is 1.24. The molecule has 0 aliphatic carbocycles. The van der Waals surface area contributed by atoms with Crippen LogP contribution in [0.2, 0.25) is 5.02 Å². The molecule has 0 saturated heterocycles. The molecule has 0 aromatic heterocycles. The number of benzene rings is 2. The van der Waals surface area contributed by atoms with Gasteiger partial charge < -0.3 is 9.47 Å². The summed E-state index contributed by atoms with van der Waals surface area (Å²) >= 11 is 6.11. The molecule has 0 N–H and O–H groups in total. The van der Waals surface area contributed by atoms with Gasteiger partial charge in [0, 0.05) is 11.1 Å². The van der Waals surface area contributed by atoms with Gasteiger partial charge in [0.1, 0.15) is 11.5 Å². The van der Waals surface area contributed by atoms with E-state index in [9.17, 15) is 4.79 Å². The summed E-state index contributed by atoms with van der Waals surface area (Å²) in [6, 6.07) is 12.0. The zero-order valence-electron chi connectivity index (χ0n) is 11.4. The first-order chi connectivity index (χ1) is 9.65. The van der Waals surface area contributed by atoms with Gasteiger partial charge in [0.05, 0.1) is 18.7 Å². The Morgan fingerprint density at radius 1 is 1.10 bits per heavy atom. The van der Waals surface area contributed by atoms with E-state index >= 15 is 0 Å². The van der Waals surface area contributed by atoms with Gasteiger partial charge >= 0.3 is 0 Å². The van der Waals surface area contributed by atoms with Crippen LogP contribution in [0.25, 0.3) is 0 Å². The lowest BCUT2D eigenvalue weighted by atomic mass is 10.0. The Balaban J connectivity index is 2.26. The molecule has 0 spiro atoms. The van der Waals surface area contributed by atoms with E-state index in [1.54, 1.807) is 49.6 Å². The van der Waals surface area contributed by atoms with Crippen LogP contribution >= 0.6 is 11.6 Å².